The molecule has 0 saturated carbocycles. The molecule has 0 aliphatic carbocycles. The number of hydrogen-bond acceptors (Lipinski definition) is 3. The van der Waals surface area contributed by atoms with Crippen molar-refractivity contribution in [3.05, 3.63) is 28.8 Å². The lowest BCUT2D eigenvalue weighted by Gasteiger charge is -2.12. The molecule has 0 aliphatic heterocycles. The van der Waals surface area contributed by atoms with Crippen molar-refractivity contribution in [1.82, 2.24) is 0 Å². The predicted molar refractivity (Wildman–Crippen MR) is 56.4 cm³/mol. The van der Waals surface area contributed by atoms with Crippen molar-refractivity contribution in [2.75, 3.05) is 5.73 Å². The van der Waals surface area contributed by atoms with Crippen LogP contribution in [0, 0.1) is 29.2 Å². The van der Waals surface area contributed by atoms with Gasteiger partial charge in [0.05, 0.1) is 5.56 Å². The summed E-state index contributed by atoms with van der Waals surface area (Å²) in [4.78, 5) is 22.4. The molecule has 0 spiro atoms. The van der Waals surface area contributed by atoms with E-state index in [0.29, 0.717) is 0 Å². The van der Waals surface area contributed by atoms with E-state index in [1.54, 1.807) is 0 Å². The van der Waals surface area contributed by atoms with Gasteiger partial charge in [0.2, 0.25) is 0 Å². The molecule has 0 bridgehead atoms. The molecule has 1 atom stereocenters. The Bertz CT molecular complexity index is 530. The van der Waals surface area contributed by atoms with Gasteiger partial charge in [-0.05, 0) is 6.42 Å². The lowest BCUT2D eigenvalue weighted by molar-refractivity contribution is -0.140. The molecule has 3 N–H and O–H groups in total. The standard InChI is InChI=1S/C11H9F4NO3/c1-2-3(11(18)19)10(17)4-5(12)7(14)9(16)8(15)6(4)13/h3H,2,16H2,1H3,(H,18,19). The van der Waals surface area contributed by atoms with Gasteiger partial charge in [-0.2, -0.15) is 0 Å². The average Bonchev–Trinajstić information content (AvgIpc) is 2.34. The number of aliphatic carboxylic acids is 1. The van der Waals surface area contributed by atoms with Crippen molar-refractivity contribution >= 4 is 17.4 Å². The van der Waals surface area contributed by atoms with Crippen LogP contribution in [0.1, 0.15) is 23.7 Å². The molecule has 8 heteroatoms. The van der Waals surface area contributed by atoms with Crippen LogP contribution in [0.15, 0.2) is 0 Å². The minimum absolute atomic E-state index is 0.291. The number of nitrogens with two attached hydrogens (primary N) is 1. The highest BCUT2D eigenvalue weighted by molar-refractivity contribution is 6.08. The number of carboxylic acids is 1. The van der Waals surface area contributed by atoms with Crippen molar-refractivity contribution in [1.29, 1.82) is 0 Å². The summed E-state index contributed by atoms with van der Waals surface area (Å²) in [6, 6.07) is 0. The van der Waals surface area contributed by atoms with E-state index in [1.165, 1.54) is 6.92 Å². The molecule has 0 fully saturated rings. The molecule has 1 unspecified atom stereocenters. The maximum atomic E-state index is 13.4. The van der Waals surface area contributed by atoms with Crippen molar-refractivity contribution in [2.45, 2.75) is 13.3 Å². The molecule has 0 saturated heterocycles. The van der Waals surface area contributed by atoms with Gasteiger partial charge in [0, 0.05) is 0 Å². The lowest BCUT2D eigenvalue weighted by atomic mass is 9.94. The molecule has 4 nitrogen and oxygen atoms in total. The van der Waals surface area contributed by atoms with Crippen molar-refractivity contribution in [3.8, 4) is 0 Å². The smallest absolute Gasteiger partial charge is 0.314 e. The van der Waals surface area contributed by atoms with Crippen LogP contribution in [0.5, 0.6) is 0 Å². The number of benzene rings is 1. The maximum Gasteiger partial charge on any atom is 0.314 e. The molecule has 0 amide bonds. The lowest BCUT2D eigenvalue weighted by Crippen LogP contribution is -2.26. The Labute approximate surface area is 104 Å². The number of hydrogen-bond donors (Lipinski definition) is 2. The summed E-state index contributed by atoms with van der Waals surface area (Å²) in [5, 5.41) is 8.70. The van der Waals surface area contributed by atoms with E-state index in [9.17, 15) is 27.2 Å². The Morgan fingerprint density at radius 3 is 1.84 bits per heavy atom. The number of ketones is 1. The summed E-state index contributed by atoms with van der Waals surface area (Å²) in [6.45, 7) is 1.27. The summed E-state index contributed by atoms with van der Waals surface area (Å²) in [5.74, 6) is -12.9. The van der Waals surface area contributed by atoms with E-state index in [2.05, 4.69) is 0 Å². The fraction of sp³-hybridized carbons (Fsp3) is 0.273. The molecule has 0 heterocycles. The van der Waals surface area contributed by atoms with Gasteiger partial charge < -0.3 is 10.8 Å². The number of carboxylic acid groups (broad SMARTS) is 1. The number of anilines is 1. The molecule has 104 valence electrons. The first kappa shape index (κ1) is 14.9. The van der Waals surface area contributed by atoms with Gasteiger partial charge in [-0.1, -0.05) is 6.92 Å². The summed E-state index contributed by atoms with van der Waals surface area (Å²) in [5.41, 5.74) is 1.78. The van der Waals surface area contributed by atoms with Gasteiger partial charge in [0.15, 0.2) is 29.1 Å². The Hall–Kier alpha value is -2.12. The van der Waals surface area contributed by atoms with Gasteiger partial charge in [0.1, 0.15) is 11.6 Å². The van der Waals surface area contributed by atoms with Crippen LogP contribution in [0.2, 0.25) is 0 Å². The van der Waals surface area contributed by atoms with Crippen LogP contribution in [-0.4, -0.2) is 16.9 Å². The summed E-state index contributed by atoms with van der Waals surface area (Å²) < 4.78 is 53.2. The Morgan fingerprint density at radius 1 is 1.11 bits per heavy atom. The molecule has 0 aromatic heterocycles. The SMILES string of the molecule is CCC(C(=O)O)C(=O)c1c(F)c(F)c(N)c(F)c1F. The monoisotopic (exact) mass is 279 g/mol. The van der Waals surface area contributed by atoms with Crippen molar-refractivity contribution in [3.63, 3.8) is 0 Å². The van der Waals surface area contributed by atoms with Gasteiger partial charge in [0.25, 0.3) is 0 Å². The largest absolute Gasteiger partial charge is 0.481 e. The summed E-state index contributed by atoms with van der Waals surface area (Å²) in [6.07, 6.45) is -0.291. The zero-order valence-corrected chi connectivity index (χ0v) is 9.64. The van der Waals surface area contributed by atoms with Crippen molar-refractivity contribution in [2.24, 2.45) is 5.92 Å². The molecule has 19 heavy (non-hydrogen) atoms. The minimum Gasteiger partial charge on any atom is -0.481 e. The summed E-state index contributed by atoms with van der Waals surface area (Å²) >= 11 is 0. The van der Waals surface area contributed by atoms with Gasteiger partial charge in [-0.15, -0.1) is 0 Å². The number of carbonyl (C=O) groups excluding carboxylic acids is 1. The fourth-order valence-corrected chi connectivity index (χ4v) is 1.51. The first-order valence-electron chi connectivity index (χ1n) is 5.12. The Kier molecular flexibility index (Phi) is 4.13. The molecule has 0 radical (unpaired) electrons. The second kappa shape index (κ2) is 5.25. The molecular weight excluding hydrogens is 270 g/mol. The zero-order valence-electron chi connectivity index (χ0n) is 9.64. The van der Waals surface area contributed by atoms with E-state index in [1.807, 2.05) is 0 Å². The number of Topliss-reactive ketones (excluding diaryl/α,β-unsaturated/α-hetero) is 1. The molecule has 1 rings (SSSR count). The number of nitrogen functional groups attached to an aromatic ring is 1. The first-order valence-corrected chi connectivity index (χ1v) is 5.12. The normalized spacial score (nSPS) is 12.3. The minimum atomic E-state index is -2.00. The van der Waals surface area contributed by atoms with Gasteiger partial charge in [-0.25, -0.2) is 17.6 Å². The van der Waals surface area contributed by atoms with Crippen LogP contribution < -0.4 is 5.73 Å². The molecular formula is C11H9F4NO3. The average molecular weight is 279 g/mol. The number of carbonyl (C=O) groups is 2. The number of rotatable bonds is 4. The van der Waals surface area contributed by atoms with E-state index in [4.69, 9.17) is 10.8 Å². The third-order valence-corrected chi connectivity index (χ3v) is 2.57. The molecule has 1 aromatic rings. The van der Waals surface area contributed by atoms with Crippen LogP contribution in [-0.2, 0) is 4.79 Å². The van der Waals surface area contributed by atoms with E-state index < -0.39 is 52.2 Å². The van der Waals surface area contributed by atoms with E-state index in [-0.39, 0.29) is 6.42 Å². The molecule has 0 aliphatic rings. The third-order valence-electron chi connectivity index (χ3n) is 2.57. The van der Waals surface area contributed by atoms with Gasteiger partial charge in [-0.3, -0.25) is 9.59 Å². The third kappa shape index (κ3) is 2.38. The van der Waals surface area contributed by atoms with E-state index in [0.717, 1.165) is 0 Å². The Morgan fingerprint density at radius 2 is 1.53 bits per heavy atom. The quantitative estimate of drug-likeness (QED) is 0.291. The predicted octanol–water partition coefficient (Wildman–Crippen LogP) is 2.12. The zero-order chi connectivity index (χ0) is 14.9. The van der Waals surface area contributed by atoms with Crippen LogP contribution in [0.4, 0.5) is 23.2 Å². The number of halogens is 4. The van der Waals surface area contributed by atoms with Crippen LogP contribution in [0.25, 0.3) is 0 Å². The Balaban J connectivity index is 3.52. The summed E-state index contributed by atoms with van der Waals surface area (Å²) in [7, 11) is 0. The highest BCUT2D eigenvalue weighted by Gasteiger charge is 2.34. The highest BCUT2D eigenvalue weighted by atomic mass is 19.2. The molecule has 1 aromatic carbocycles. The van der Waals surface area contributed by atoms with Crippen molar-refractivity contribution < 1.29 is 32.3 Å². The van der Waals surface area contributed by atoms with Crippen LogP contribution >= 0.6 is 0 Å². The van der Waals surface area contributed by atoms with Gasteiger partial charge >= 0.3 is 5.97 Å². The van der Waals surface area contributed by atoms with Crippen LogP contribution in [0.3, 0.4) is 0 Å². The fourth-order valence-electron chi connectivity index (χ4n) is 1.51. The first-order chi connectivity index (χ1) is 8.73. The van der Waals surface area contributed by atoms with E-state index >= 15 is 0 Å². The topological polar surface area (TPSA) is 80.4 Å². The maximum absolute atomic E-state index is 13.4. The second-order valence-corrected chi connectivity index (χ2v) is 3.71. The highest BCUT2D eigenvalue weighted by Crippen LogP contribution is 2.28. The second-order valence-electron chi connectivity index (χ2n) is 3.71.